The molecule has 120 valence electrons. The third-order valence-corrected chi connectivity index (χ3v) is 5.21. The second-order valence-electron chi connectivity index (χ2n) is 6.73. The molecule has 0 aromatic carbocycles. The predicted octanol–water partition coefficient (Wildman–Crippen LogP) is 1.63. The number of allylic oxidation sites excluding steroid dienone is 2. The lowest BCUT2D eigenvalue weighted by Crippen LogP contribution is -2.42. The van der Waals surface area contributed by atoms with Gasteiger partial charge in [-0.05, 0) is 31.6 Å². The van der Waals surface area contributed by atoms with E-state index < -0.39 is 0 Å². The summed E-state index contributed by atoms with van der Waals surface area (Å²) in [4.78, 5) is 37.8. The number of nitrogens with zero attached hydrogens (tertiary/aromatic N) is 1. The molecule has 2 fully saturated rings. The molecule has 1 heterocycles. The minimum Gasteiger partial charge on any atom is -0.354 e. The van der Waals surface area contributed by atoms with Crippen LogP contribution in [0, 0.1) is 17.8 Å². The highest BCUT2D eigenvalue weighted by Gasteiger charge is 2.47. The average molecular weight is 304 g/mol. The van der Waals surface area contributed by atoms with Crippen LogP contribution in [0.5, 0.6) is 0 Å². The number of imide groups is 1. The van der Waals surface area contributed by atoms with E-state index >= 15 is 0 Å². The Bertz CT molecular complexity index is 468. The molecule has 0 bridgehead atoms. The molecule has 3 amide bonds. The Morgan fingerprint density at radius 3 is 2.23 bits per heavy atom. The van der Waals surface area contributed by atoms with Crippen LogP contribution in [-0.2, 0) is 14.4 Å². The van der Waals surface area contributed by atoms with Crippen molar-refractivity contribution in [2.45, 2.75) is 44.9 Å². The van der Waals surface area contributed by atoms with E-state index in [4.69, 9.17) is 0 Å². The fourth-order valence-corrected chi connectivity index (χ4v) is 3.87. The zero-order valence-corrected chi connectivity index (χ0v) is 12.9. The smallest absolute Gasteiger partial charge is 0.240 e. The lowest BCUT2D eigenvalue weighted by molar-refractivity contribution is -0.143. The van der Waals surface area contributed by atoms with Gasteiger partial charge in [-0.25, -0.2) is 0 Å². The number of fused-ring (bicyclic) bond motifs is 1. The van der Waals surface area contributed by atoms with Crippen molar-refractivity contribution in [3.05, 3.63) is 12.2 Å². The molecule has 0 aromatic rings. The largest absolute Gasteiger partial charge is 0.354 e. The molecule has 1 N–H and O–H groups in total. The molecule has 0 radical (unpaired) electrons. The number of carbonyl (C=O) groups excluding carboxylic acids is 3. The first-order valence-corrected chi connectivity index (χ1v) is 8.43. The van der Waals surface area contributed by atoms with Crippen LogP contribution in [0.4, 0.5) is 0 Å². The third kappa shape index (κ3) is 3.08. The van der Waals surface area contributed by atoms with Crippen LogP contribution in [0.25, 0.3) is 0 Å². The van der Waals surface area contributed by atoms with Crippen molar-refractivity contribution in [2.75, 3.05) is 13.1 Å². The first-order chi connectivity index (χ1) is 10.7. The molecule has 3 rings (SSSR count). The van der Waals surface area contributed by atoms with Crippen LogP contribution >= 0.6 is 0 Å². The van der Waals surface area contributed by atoms with E-state index in [1.165, 1.54) is 24.2 Å². The maximum atomic E-state index is 12.3. The normalized spacial score (nSPS) is 28.8. The molecule has 22 heavy (non-hydrogen) atoms. The van der Waals surface area contributed by atoms with Crippen LogP contribution < -0.4 is 5.32 Å². The van der Waals surface area contributed by atoms with E-state index in [1.54, 1.807) is 0 Å². The Morgan fingerprint density at radius 2 is 1.64 bits per heavy atom. The molecule has 5 heteroatoms. The monoisotopic (exact) mass is 304 g/mol. The van der Waals surface area contributed by atoms with Gasteiger partial charge in [-0.2, -0.15) is 0 Å². The van der Waals surface area contributed by atoms with Gasteiger partial charge < -0.3 is 5.32 Å². The lowest BCUT2D eigenvalue weighted by atomic mass is 9.85. The van der Waals surface area contributed by atoms with Crippen LogP contribution in [-0.4, -0.2) is 35.7 Å². The molecule has 0 spiro atoms. The zero-order chi connectivity index (χ0) is 15.5. The van der Waals surface area contributed by atoms with Crippen molar-refractivity contribution in [2.24, 2.45) is 17.8 Å². The highest BCUT2D eigenvalue weighted by Crippen LogP contribution is 2.34. The summed E-state index contributed by atoms with van der Waals surface area (Å²) in [6.45, 7) is 0.556. The van der Waals surface area contributed by atoms with E-state index in [2.05, 4.69) is 5.32 Å². The lowest BCUT2D eigenvalue weighted by Gasteiger charge is -2.22. The number of likely N-dealkylation sites (tertiary alicyclic amines) is 1. The van der Waals surface area contributed by atoms with E-state index in [-0.39, 0.29) is 36.1 Å². The Balaban J connectivity index is 1.51. The van der Waals surface area contributed by atoms with Crippen molar-refractivity contribution >= 4 is 17.7 Å². The average Bonchev–Trinajstić information content (AvgIpc) is 2.79. The number of rotatable bonds is 4. The third-order valence-electron chi connectivity index (χ3n) is 5.21. The first-order valence-electron chi connectivity index (χ1n) is 8.43. The van der Waals surface area contributed by atoms with Gasteiger partial charge in [0.05, 0.1) is 11.8 Å². The summed E-state index contributed by atoms with van der Waals surface area (Å²) in [5.41, 5.74) is 0. The molecule has 0 unspecified atom stereocenters. The Kier molecular flexibility index (Phi) is 4.60. The summed E-state index contributed by atoms with van der Waals surface area (Å²) >= 11 is 0. The van der Waals surface area contributed by atoms with E-state index in [0.29, 0.717) is 25.3 Å². The van der Waals surface area contributed by atoms with Crippen LogP contribution in [0.2, 0.25) is 0 Å². The second-order valence-corrected chi connectivity index (χ2v) is 6.73. The summed E-state index contributed by atoms with van der Waals surface area (Å²) < 4.78 is 0. The number of carbonyl (C=O) groups is 3. The van der Waals surface area contributed by atoms with Gasteiger partial charge in [-0.3, -0.25) is 19.3 Å². The SMILES string of the molecule is O=C(CN1C(=O)[C@H]2CC=CC[C@H]2C1=O)NCC1CCCCC1. The summed E-state index contributed by atoms with van der Waals surface area (Å²) in [7, 11) is 0. The fourth-order valence-electron chi connectivity index (χ4n) is 3.87. The maximum Gasteiger partial charge on any atom is 0.240 e. The first kappa shape index (κ1) is 15.3. The second kappa shape index (κ2) is 6.63. The van der Waals surface area contributed by atoms with Gasteiger partial charge in [0.2, 0.25) is 17.7 Å². The molecular weight excluding hydrogens is 280 g/mol. The van der Waals surface area contributed by atoms with Crippen LogP contribution in [0.3, 0.4) is 0 Å². The highest BCUT2D eigenvalue weighted by molar-refractivity contribution is 6.07. The van der Waals surface area contributed by atoms with Crippen LogP contribution in [0.1, 0.15) is 44.9 Å². The molecule has 0 aromatic heterocycles. The van der Waals surface area contributed by atoms with E-state index in [9.17, 15) is 14.4 Å². The minimum absolute atomic E-state index is 0.114. The topological polar surface area (TPSA) is 66.5 Å². The standard InChI is InChI=1S/C17H24N2O3/c20-15(18-10-12-6-2-1-3-7-12)11-19-16(21)13-8-4-5-9-14(13)17(19)22/h4-5,12-14H,1-3,6-11H2,(H,18,20)/t13-,14+. The Labute approximate surface area is 131 Å². The predicted molar refractivity (Wildman–Crippen MR) is 81.7 cm³/mol. The summed E-state index contributed by atoms with van der Waals surface area (Å²) in [6, 6.07) is 0. The molecule has 2 atom stereocenters. The molecule has 2 aliphatic carbocycles. The van der Waals surface area contributed by atoms with Crippen LogP contribution in [0.15, 0.2) is 12.2 Å². The van der Waals surface area contributed by atoms with Gasteiger partial charge in [0.1, 0.15) is 6.54 Å². The summed E-state index contributed by atoms with van der Waals surface area (Å²) in [5, 5.41) is 2.90. The quantitative estimate of drug-likeness (QED) is 0.634. The molecule has 1 aliphatic heterocycles. The number of nitrogens with one attached hydrogen (secondary N) is 1. The van der Waals surface area contributed by atoms with Gasteiger partial charge in [0.25, 0.3) is 0 Å². The van der Waals surface area contributed by atoms with Gasteiger partial charge in [0.15, 0.2) is 0 Å². The molecule has 1 saturated carbocycles. The van der Waals surface area contributed by atoms with Gasteiger partial charge >= 0.3 is 0 Å². The Morgan fingerprint density at radius 1 is 1.05 bits per heavy atom. The van der Waals surface area contributed by atoms with E-state index in [1.807, 2.05) is 12.2 Å². The van der Waals surface area contributed by atoms with Gasteiger partial charge in [-0.15, -0.1) is 0 Å². The highest BCUT2D eigenvalue weighted by atomic mass is 16.2. The van der Waals surface area contributed by atoms with Gasteiger partial charge in [-0.1, -0.05) is 31.4 Å². The number of hydrogen-bond acceptors (Lipinski definition) is 3. The maximum absolute atomic E-state index is 12.3. The summed E-state index contributed by atoms with van der Waals surface area (Å²) in [5.74, 6) is -0.500. The molecule has 5 nitrogen and oxygen atoms in total. The molecule has 3 aliphatic rings. The molecule has 1 saturated heterocycles. The summed E-state index contributed by atoms with van der Waals surface area (Å²) in [6.07, 6.45) is 11.2. The van der Waals surface area contributed by atoms with Crippen molar-refractivity contribution in [1.29, 1.82) is 0 Å². The Hall–Kier alpha value is -1.65. The minimum atomic E-state index is -0.247. The van der Waals surface area contributed by atoms with Crippen molar-refractivity contribution in [1.82, 2.24) is 10.2 Å². The van der Waals surface area contributed by atoms with Crippen molar-refractivity contribution in [3.63, 3.8) is 0 Å². The fraction of sp³-hybridized carbons (Fsp3) is 0.706. The van der Waals surface area contributed by atoms with E-state index in [0.717, 1.165) is 12.8 Å². The van der Waals surface area contributed by atoms with Crippen molar-refractivity contribution in [3.8, 4) is 0 Å². The molecular formula is C17H24N2O3. The number of hydrogen-bond donors (Lipinski definition) is 1. The van der Waals surface area contributed by atoms with Gasteiger partial charge in [0, 0.05) is 6.54 Å². The number of amides is 3. The van der Waals surface area contributed by atoms with Crippen molar-refractivity contribution < 1.29 is 14.4 Å². The zero-order valence-electron chi connectivity index (χ0n) is 12.9.